The third-order valence-electron chi connectivity index (χ3n) is 6.19. The summed E-state index contributed by atoms with van der Waals surface area (Å²) in [5.41, 5.74) is 2.42. The summed E-state index contributed by atoms with van der Waals surface area (Å²) >= 11 is 0. The standard InChI is InChI=1S/C20H30N2O2/c1-13-5-4-6-19(14(13)2)21-20(24)15(3)22-10-9-16-7-8-18(23)11-17(16)12-22/h7-8,11,13-15,19,23H,4-6,9-10,12H2,1-3H3,(H,21,24)/t13-,14-,15-,19+/m1/s1. The first-order valence-electron chi connectivity index (χ1n) is 9.31. The smallest absolute Gasteiger partial charge is 0.237 e. The lowest BCUT2D eigenvalue weighted by atomic mass is 9.78. The van der Waals surface area contributed by atoms with Crippen molar-refractivity contribution in [2.75, 3.05) is 6.54 Å². The second-order valence-electron chi connectivity index (χ2n) is 7.73. The van der Waals surface area contributed by atoms with Gasteiger partial charge < -0.3 is 10.4 Å². The van der Waals surface area contributed by atoms with Crippen LogP contribution in [0.15, 0.2) is 18.2 Å². The predicted octanol–water partition coefficient (Wildman–Crippen LogP) is 3.08. The van der Waals surface area contributed by atoms with Gasteiger partial charge in [0.15, 0.2) is 0 Å². The Morgan fingerprint density at radius 3 is 2.88 bits per heavy atom. The van der Waals surface area contributed by atoms with Gasteiger partial charge in [-0.1, -0.05) is 32.8 Å². The van der Waals surface area contributed by atoms with Crippen molar-refractivity contribution in [2.24, 2.45) is 11.8 Å². The molecule has 2 aliphatic rings. The molecular weight excluding hydrogens is 300 g/mol. The number of phenols is 1. The van der Waals surface area contributed by atoms with Crippen LogP contribution >= 0.6 is 0 Å². The van der Waals surface area contributed by atoms with Gasteiger partial charge in [-0.05, 0) is 54.9 Å². The molecule has 1 saturated carbocycles. The highest BCUT2D eigenvalue weighted by Gasteiger charge is 2.31. The molecule has 1 amide bonds. The van der Waals surface area contributed by atoms with Crippen molar-refractivity contribution < 1.29 is 9.90 Å². The van der Waals surface area contributed by atoms with E-state index in [1.165, 1.54) is 18.4 Å². The Morgan fingerprint density at radius 2 is 2.08 bits per heavy atom. The molecular formula is C20H30N2O2. The van der Waals surface area contributed by atoms with Crippen LogP contribution in [0.4, 0.5) is 0 Å². The van der Waals surface area contributed by atoms with Gasteiger partial charge in [0.05, 0.1) is 6.04 Å². The molecule has 3 rings (SSSR count). The Hall–Kier alpha value is -1.55. The summed E-state index contributed by atoms with van der Waals surface area (Å²) in [6.07, 6.45) is 4.52. The zero-order valence-corrected chi connectivity index (χ0v) is 15.1. The molecule has 1 aromatic carbocycles. The van der Waals surface area contributed by atoms with Gasteiger partial charge in [-0.15, -0.1) is 0 Å². The Kier molecular flexibility index (Phi) is 5.14. The summed E-state index contributed by atoms with van der Waals surface area (Å²) in [5, 5.41) is 13.0. The molecule has 0 aromatic heterocycles. The molecule has 1 aromatic rings. The van der Waals surface area contributed by atoms with E-state index in [0.29, 0.717) is 23.6 Å². The molecule has 24 heavy (non-hydrogen) atoms. The largest absolute Gasteiger partial charge is 0.508 e. The van der Waals surface area contributed by atoms with Gasteiger partial charge in [0.1, 0.15) is 5.75 Å². The van der Waals surface area contributed by atoms with Crippen molar-refractivity contribution in [1.29, 1.82) is 0 Å². The van der Waals surface area contributed by atoms with E-state index in [4.69, 9.17) is 0 Å². The number of amides is 1. The summed E-state index contributed by atoms with van der Waals surface area (Å²) in [4.78, 5) is 15.0. The normalized spacial score (nSPS) is 28.9. The van der Waals surface area contributed by atoms with E-state index in [0.717, 1.165) is 31.5 Å². The lowest BCUT2D eigenvalue weighted by molar-refractivity contribution is -0.127. The van der Waals surface area contributed by atoms with Gasteiger partial charge in [0, 0.05) is 19.1 Å². The number of fused-ring (bicyclic) bond motifs is 1. The molecule has 0 saturated heterocycles. The molecule has 132 valence electrons. The number of rotatable bonds is 3. The van der Waals surface area contributed by atoms with Crippen molar-refractivity contribution in [3.8, 4) is 5.75 Å². The number of phenolic OH excluding ortho intramolecular Hbond substituents is 1. The van der Waals surface area contributed by atoms with Gasteiger partial charge in [-0.3, -0.25) is 9.69 Å². The van der Waals surface area contributed by atoms with Crippen molar-refractivity contribution in [2.45, 2.75) is 65.1 Å². The zero-order chi connectivity index (χ0) is 17.3. The number of hydrogen-bond donors (Lipinski definition) is 2. The van der Waals surface area contributed by atoms with Gasteiger partial charge in [0.25, 0.3) is 0 Å². The number of aromatic hydroxyl groups is 1. The first-order valence-corrected chi connectivity index (χ1v) is 9.31. The fourth-order valence-electron chi connectivity index (χ4n) is 4.15. The highest BCUT2D eigenvalue weighted by molar-refractivity contribution is 5.81. The van der Waals surface area contributed by atoms with Crippen LogP contribution in [-0.2, 0) is 17.8 Å². The van der Waals surface area contributed by atoms with E-state index in [1.54, 1.807) is 6.07 Å². The third kappa shape index (κ3) is 3.59. The average Bonchev–Trinajstić information content (AvgIpc) is 2.57. The van der Waals surface area contributed by atoms with Gasteiger partial charge in [0.2, 0.25) is 5.91 Å². The molecule has 4 atom stereocenters. The minimum Gasteiger partial charge on any atom is -0.508 e. The number of carbonyl (C=O) groups excluding carboxylic acids is 1. The van der Waals surface area contributed by atoms with Crippen molar-refractivity contribution in [3.63, 3.8) is 0 Å². The van der Waals surface area contributed by atoms with Crippen molar-refractivity contribution >= 4 is 5.91 Å². The maximum absolute atomic E-state index is 12.7. The summed E-state index contributed by atoms with van der Waals surface area (Å²) < 4.78 is 0. The van der Waals surface area contributed by atoms with Crippen LogP contribution in [0.2, 0.25) is 0 Å². The van der Waals surface area contributed by atoms with E-state index in [9.17, 15) is 9.90 Å². The molecule has 0 unspecified atom stereocenters. The fourth-order valence-corrected chi connectivity index (χ4v) is 4.15. The Bertz CT molecular complexity index is 601. The number of hydrogen-bond acceptors (Lipinski definition) is 3. The van der Waals surface area contributed by atoms with Gasteiger partial charge in [-0.25, -0.2) is 0 Å². The fraction of sp³-hybridized carbons (Fsp3) is 0.650. The zero-order valence-electron chi connectivity index (χ0n) is 15.1. The number of nitrogens with one attached hydrogen (secondary N) is 1. The highest BCUT2D eigenvalue weighted by atomic mass is 16.3. The van der Waals surface area contributed by atoms with Crippen LogP contribution in [0.1, 0.15) is 51.2 Å². The lowest BCUT2D eigenvalue weighted by Crippen LogP contribution is -2.52. The minimum absolute atomic E-state index is 0.134. The van der Waals surface area contributed by atoms with E-state index in [2.05, 4.69) is 24.1 Å². The highest BCUT2D eigenvalue weighted by Crippen LogP contribution is 2.30. The maximum Gasteiger partial charge on any atom is 0.237 e. The van der Waals surface area contributed by atoms with Crippen LogP contribution in [0.25, 0.3) is 0 Å². The molecule has 1 aliphatic heterocycles. The molecule has 1 fully saturated rings. The van der Waals surface area contributed by atoms with Crippen molar-refractivity contribution in [3.05, 3.63) is 29.3 Å². The molecule has 0 bridgehead atoms. The monoisotopic (exact) mass is 330 g/mol. The predicted molar refractivity (Wildman–Crippen MR) is 95.8 cm³/mol. The topological polar surface area (TPSA) is 52.6 Å². The molecule has 1 aliphatic carbocycles. The number of benzene rings is 1. The Balaban J connectivity index is 1.62. The first kappa shape index (κ1) is 17.3. The lowest BCUT2D eigenvalue weighted by Gasteiger charge is -2.37. The van der Waals surface area contributed by atoms with E-state index < -0.39 is 0 Å². The number of carbonyl (C=O) groups is 1. The van der Waals surface area contributed by atoms with E-state index >= 15 is 0 Å². The summed E-state index contributed by atoms with van der Waals surface area (Å²) in [6.45, 7) is 8.18. The Labute approximate surface area is 145 Å². The van der Waals surface area contributed by atoms with E-state index in [1.807, 2.05) is 19.1 Å². The first-order chi connectivity index (χ1) is 11.5. The molecule has 1 heterocycles. The van der Waals surface area contributed by atoms with Crippen LogP contribution in [-0.4, -0.2) is 34.5 Å². The molecule has 4 heteroatoms. The van der Waals surface area contributed by atoms with Gasteiger partial charge in [-0.2, -0.15) is 0 Å². The van der Waals surface area contributed by atoms with Crippen molar-refractivity contribution in [1.82, 2.24) is 10.2 Å². The quantitative estimate of drug-likeness (QED) is 0.895. The average molecular weight is 330 g/mol. The van der Waals surface area contributed by atoms with Crippen LogP contribution < -0.4 is 5.32 Å². The van der Waals surface area contributed by atoms with Crippen LogP contribution in [0.5, 0.6) is 5.75 Å². The number of nitrogens with zero attached hydrogens (tertiary/aromatic N) is 1. The SMILES string of the molecule is C[C@@H]1[C@H](C)CCC[C@@H]1NC(=O)[C@@H](C)N1CCc2ccc(O)cc2C1. The molecule has 0 spiro atoms. The summed E-state index contributed by atoms with van der Waals surface area (Å²) in [7, 11) is 0. The summed E-state index contributed by atoms with van der Waals surface area (Å²) in [5.74, 6) is 1.68. The van der Waals surface area contributed by atoms with Crippen LogP contribution in [0, 0.1) is 11.8 Å². The molecule has 4 nitrogen and oxygen atoms in total. The van der Waals surface area contributed by atoms with Crippen LogP contribution in [0.3, 0.4) is 0 Å². The molecule has 2 N–H and O–H groups in total. The second kappa shape index (κ2) is 7.14. The second-order valence-corrected chi connectivity index (χ2v) is 7.73. The maximum atomic E-state index is 12.7. The Morgan fingerprint density at radius 1 is 1.29 bits per heavy atom. The summed E-state index contributed by atoms with van der Waals surface area (Å²) in [6, 6.07) is 5.75. The minimum atomic E-state index is -0.134. The van der Waals surface area contributed by atoms with Gasteiger partial charge >= 0.3 is 0 Å². The third-order valence-corrected chi connectivity index (χ3v) is 6.19. The molecule has 0 radical (unpaired) electrons. The van der Waals surface area contributed by atoms with E-state index in [-0.39, 0.29) is 11.9 Å².